The standard InChI is InChI=1S/C25H34BNO2/c1-15(2)18-10-11-19(26-14-18)21(28)27-22-24(5,6)23(25(22,7)8)29-20-12-9-16(3)13-17(20)4/h9-15,22-23H,1-8H3,(H,27,28). The van der Waals surface area contributed by atoms with E-state index in [2.05, 4.69) is 78.9 Å². The number of carbonyl (C=O) groups is 1. The molecule has 0 saturated heterocycles. The molecule has 1 amide bonds. The van der Waals surface area contributed by atoms with Gasteiger partial charge < -0.3 is 0 Å². The molecule has 1 N–H and O–H groups in total. The molecule has 29 heavy (non-hydrogen) atoms. The van der Waals surface area contributed by atoms with Crippen LogP contribution in [0.4, 0.5) is 0 Å². The first-order valence-corrected chi connectivity index (χ1v) is 10.6. The molecule has 1 aromatic carbocycles. The molecule has 0 bridgehead atoms. The Hall–Kier alpha value is -2.10. The summed E-state index contributed by atoms with van der Waals surface area (Å²) >= 11 is 0. The van der Waals surface area contributed by atoms with E-state index in [0.717, 1.165) is 11.3 Å². The summed E-state index contributed by atoms with van der Waals surface area (Å²) in [5.74, 6) is 3.41. The van der Waals surface area contributed by atoms with E-state index < -0.39 is 0 Å². The molecular weight excluding hydrogens is 357 g/mol. The molecule has 1 aliphatic rings. The first-order chi connectivity index (χ1) is 13.4. The average molecular weight is 391 g/mol. The number of benzene rings is 1. The van der Waals surface area contributed by atoms with Crippen molar-refractivity contribution in [2.75, 3.05) is 0 Å². The van der Waals surface area contributed by atoms with Gasteiger partial charge in [-0.1, -0.05) is 0 Å². The average Bonchev–Trinajstić information content (AvgIpc) is 2.64. The Labute approximate surface area is 176 Å². The third-order valence-electron chi connectivity index (χ3n) is 6.53. The molecule has 0 atom stereocenters. The fraction of sp³-hybridized carbons (Fsp3) is 0.520. The molecule has 3 nitrogen and oxygen atoms in total. The number of rotatable bonds is 5. The van der Waals surface area contributed by atoms with E-state index in [4.69, 9.17) is 4.74 Å². The van der Waals surface area contributed by atoms with Crippen LogP contribution in [0.15, 0.2) is 36.3 Å². The van der Waals surface area contributed by atoms with Crippen LogP contribution in [0.1, 0.15) is 74.4 Å². The summed E-state index contributed by atoms with van der Waals surface area (Å²) in [4.78, 5) is 12.9. The second kappa shape index (κ2) is 7.62. The predicted molar refractivity (Wildman–Crippen MR) is 121 cm³/mol. The Morgan fingerprint density at radius 2 is 1.72 bits per heavy atom. The van der Waals surface area contributed by atoms with Gasteiger partial charge in [0.25, 0.3) is 0 Å². The van der Waals surface area contributed by atoms with Gasteiger partial charge in [-0.2, -0.15) is 0 Å². The van der Waals surface area contributed by atoms with Crippen molar-refractivity contribution in [3.63, 3.8) is 0 Å². The Morgan fingerprint density at radius 1 is 1.07 bits per heavy atom. The summed E-state index contributed by atoms with van der Waals surface area (Å²) < 4.78 is 6.47. The summed E-state index contributed by atoms with van der Waals surface area (Å²) in [6.07, 6.45) is 0.0185. The van der Waals surface area contributed by atoms with Gasteiger partial charge in [-0.3, -0.25) is 0 Å². The normalized spacial score (nSPS) is 22.0. The summed E-state index contributed by atoms with van der Waals surface area (Å²) in [7, 11) is 0. The number of ether oxygens (including phenoxy) is 1. The van der Waals surface area contributed by atoms with E-state index in [1.807, 2.05) is 25.0 Å². The summed E-state index contributed by atoms with van der Waals surface area (Å²) in [6, 6.07) is 10.3. The maximum absolute atomic E-state index is 12.9. The van der Waals surface area contributed by atoms with Gasteiger partial charge in [-0.05, 0) is 0 Å². The third-order valence-corrected chi connectivity index (χ3v) is 6.53. The Morgan fingerprint density at radius 3 is 2.24 bits per heavy atom. The molecule has 154 valence electrons. The molecule has 0 unspecified atom stereocenters. The molecule has 0 spiro atoms. The van der Waals surface area contributed by atoms with Gasteiger partial charge in [0.2, 0.25) is 0 Å². The van der Waals surface area contributed by atoms with Crippen LogP contribution < -0.4 is 10.1 Å². The fourth-order valence-electron chi connectivity index (χ4n) is 5.09. The van der Waals surface area contributed by atoms with Crippen LogP contribution in [0, 0.1) is 24.7 Å². The summed E-state index contributed by atoms with van der Waals surface area (Å²) in [5, 5.41) is 3.28. The molecule has 3 rings (SSSR count). The molecule has 1 aromatic heterocycles. The van der Waals surface area contributed by atoms with E-state index in [-0.39, 0.29) is 28.9 Å². The van der Waals surface area contributed by atoms with E-state index in [1.54, 1.807) is 0 Å². The van der Waals surface area contributed by atoms with Crippen LogP contribution in [-0.4, -0.2) is 25.0 Å². The SMILES string of the molecule is Cc1ccc(OC2C(C)(C)C(NC(=O)c3bcc(C(C)C)cc3)C2(C)C)c(C)c1. The summed E-state index contributed by atoms with van der Waals surface area (Å²) in [5.41, 5.74) is 3.99. The van der Waals surface area contributed by atoms with Crippen molar-refractivity contribution in [1.29, 1.82) is 0 Å². The summed E-state index contributed by atoms with van der Waals surface area (Å²) in [6.45, 7) is 19.1. The van der Waals surface area contributed by atoms with E-state index in [9.17, 15) is 4.79 Å². The van der Waals surface area contributed by atoms with Crippen LogP contribution in [-0.2, 0) is 0 Å². The molecule has 1 heterocycles. The minimum absolute atomic E-state index is 0.0172. The fourth-order valence-corrected chi connectivity index (χ4v) is 5.09. The third kappa shape index (κ3) is 3.99. The first kappa shape index (κ1) is 21.6. The monoisotopic (exact) mass is 391 g/mol. The second-order valence-electron chi connectivity index (χ2n) is 10.1. The number of nitrogens with one attached hydrogen (secondary N) is 1. The van der Waals surface area contributed by atoms with Gasteiger partial charge in [0.05, 0.1) is 0 Å². The molecule has 0 radical (unpaired) electrons. The predicted octanol–water partition coefficient (Wildman–Crippen LogP) is 5.38. The van der Waals surface area contributed by atoms with Gasteiger partial charge in [0.1, 0.15) is 0 Å². The quantitative estimate of drug-likeness (QED) is 0.744. The molecular formula is C25H34BNO2. The van der Waals surface area contributed by atoms with Crippen molar-refractivity contribution in [2.45, 2.75) is 73.5 Å². The van der Waals surface area contributed by atoms with E-state index in [0.29, 0.717) is 11.4 Å². The van der Waals surface area contributed by atoms with E-state index in [1.165, 1.54) is 11.1 Å². The van der Waals surface area contributed by atoms with Gasteiger partial charge in [0.15, 0.2) is 0 Å². The molecule has 2 aromatic rings. The van der Waals surface area contributed by atoms with Crippen molar-refractivity contribution in [2.24, 2.45) is 10.8 Å². The Bertz CT molecular complexity index is 884. The van der Waals surface area contributed by atoms with Gasteiger partial charge in [-0.25, -0.2) is 0 Å². The minimum atomic E-state index is -0.172. The van der Waals surface area contributed by atoms with Crippen LogP contribution >= 0.6 is 0 Å². The van der Waals surface area contributed by atoms with Crippen LogP contribution in [0.5, 0.6) is 5.75 Å². The molecule has 1 fully saturated rings. The number of amides is 1. The van der Waals surface area contributed by atoms with Crippen molar-refractivity contribution in [3.8, 4) is 5.75 Å². The van der Waals surface area contributed by atoms with Crippen LogP contribution in [0.3, 0.4) is 0 Å². The van der Waals surface area contributed by atoms with Gasteiger partial charge in [0, 0.05) is 0 Å². The van der Waals surface area contributed by atoms with Crippen LogP contribution in [0.25, 0.3) is 0 Å². The topological polar surface area (TPSA) is 38.3 Å². The van der Waals surface area contributed by atoms with Crippen molar-refractivity contribution in [1.82, 2.24) is 5.32 Å². The maximum atomic E-state index is 12.9. The van der Waals surface area contributed by atoms with Crippen molar-refractivity contribution < 1.29 is 9.53 Å². The molecule has 0 aliphatic heterocycles. The number of hydrogen-bond acceptors (Lipinski definition) is 2. The first-order valence-electron chi connectivity index (χ1n) is 10.6. The van der Waals surface area contributed by atoms with Gasteiger partial charge in [-0.15, -0.1) is 0 Å². The van der Waals surface area contributed by atoms with Crippen molar-refractivity contribution in [3.05, 3.63) is 58.4 Å². The van der Waals surface area contributed by atoms with Crippen LogP contribution in [0.2, 0.25) is 0 Å². The zero-order valence-corrected chi connectivity index (χ0v) is 19.1. The number of aryl methyl sites for hydroxylation is 2. The molecule has 1 saturated carbocycles. The molecule has 4 heteroatoms. The van der Waals surface area contributed by atoms with E-state index >= 15 is 0 Å². The van der Waals surface area contributed by atoms with Gasteiger partial charge >= 0.3 is 176 Å². The van der Waals surface area contributed by atoms with Crippen molar-refractivity contribution >= 4 is 12.8 Å². The number of hydrogen-bond donors (Lipinski definition) is 1. The number of carbonyl (C=O) groups excluding carboxylic acids is 1. The second-order valence-corrected chi connectivity index (χ2v) is 10.1. The Kier molecular flexibility index (Phi) is 5.68. The zero-order chi connectivity index (χ0) is 21.6. The molecule has 1 aliphatic carbocycles. The zero-order valence-electron chi connectivity index (χ0n) is 19.1. The Balaban J connectivity index is 1.74.